The largest absolute Gasteiger partial charge is 0.508 e. The van der Waals surface area contributed by atoms with Gasteiger partial charge in [-0.2, -0.15) is 0 Å². The molecule has 0 aliphatic carbocycles. The fraction of sp³-hybridized carbons (Fsp3) is 0.200. The lowest BCUT2D eigenvalue weighted by molar-refractivity contribution is 0.411. The highest BCUT2D eigenvalue weighted by atomic mass is 19.1. The van der Waals surface area contributed by atoms with Crippen molar-refractivity contribution in [2.75, 3.05) is 30.8 Å². The highest BCUT2D eigenvalue weighted by Gasteiger charge is 2.14. The minimum absolute atomic E-state index is 0.0206. The Hall–Kier alpha value is -5.52. The zero-order valence-electron chi connectivity index (χ0n) is 25.9. The molecule has 2 aromatic heterocycles. The molecule has 242 valence electrons. The van der Waals surface area contributed by atoms with Crippen molar-refractivity contribution in [1.29, 1.82) is 0 Å². The van der Waals surface area contributed by atoms with E-state index < -0.39 is 23.3 Å². The van der Waals surface area contributed by atoms with E-state index in [0.717, 1.165) is 52.3 Å². The predicted molar refractivity (Wildman–Crippen MR) is 174 cm³/mol. The number of hydrogen-bond acceptors (Lipinski definition) is 8. The first kappa shape index (κ1) is 32.9. The van der Waals surface area contributed by atoms with Crippen LogP contribution in [0.4, 0.5) is 29.2 Å². The van der Waals surface area contributed by atoms with Gasteiger partial charge in [0.15, 0.2) is 0 Å². The molecule has 0 aliphatic heterocycles. The highest BCUT2D eigenvalue weighted by molar-refractivity contribution is 5.90. The summed E-state index contributed by atoms with van der Waals surface area (Å²) in [4.78, 5) is 15.7. The van der Waals surface area contributed by atoms with E-state index in [9.17, 15) is 22.7 Å². The van der Waals surface area contributed by atoms with Crippen LogP contribution in [-0.4, -0.2) is 45.2 Å². The number of benzene rings is 4. The van der Waals surface area contributed by atoms with Crippen LogP contribution >= 0.6 is 0 Å². The standard InChI is InChI=1S/C18H17F2N3O.C17H15F2N3O/c1-11-9-12(3-6-15(11)24-2)7-8-21-18-16-13(19)4-5-14(20)17(16)22-10-23-18;1-10-8-11(2-5-14(10)23)6-7-20-17-15-12(18)3-4-13(19)16(15)21-9-22-17/h3-6,9-10H,7-8H2,1-2H3,(H,21,22,23);2-5,8-9,23H,6-7H2,1H3,(H,20,21,22). The number of fused-ring (bicyclic) bond motifs is 2. The Balaban J connectivity index is 0.000000185. The Morgan fingerprint density at radius 2 is 1.09 bits per heavy atom. The van der Waals surface area contributed by atoms with Gasteiger partial charge in [-0.1, -0.05) is 24.3 Å². The third-order valence-corrected chi connectivity index (χ3v) is 7.51. The smallest absolute Gasteiger partial charge is 0.149 e. The molecule has 0 aliphatic rings. The van der Waals surface area contributed by atoms with Gasteiger partial charge in [-0.25, -0.2) is 37.5 Å². The van der Waals surface area contributed by atoms with Gasteiger partial charge in [-0.3, -0.25) is 0 Å². The van der Waals surface area contributed by atoms with Gasteiger partial charge in [0, 0.05) is 13.1 Å². The predicted octanol–water partition coefficient (Wildman–Crippen LogP) is 7.46. The quantitative estimate of drug-likeness (QED) is 0.139. The monoisotopic (exact) mass is 644 g/mol. The molecule has 6 rings (SSSR count). The van der Waals surface area contributed by atoms with Gasteiger partial charge < -0.3 is 20.5 Å². The summed E-state index contributed by atoms with van der Waals surface area (Å²) in [5.41, 5.74) is 3.93. The van der Waals surface area contributed by atoms with E-state index in [2.05, 4.69) is 30.6 Å². The number of aromatic hydroxyl groups is 1. The van der Waals surface area contributed by atoms with Crippen LogP contribution in [0.3, 0.4) is 0 Å². The number of rotatable bonds is 9. The van der Waals surface area contributed by atoms with Crippen LogP contribution in [0.25, 0.3) is 21.8 Å². The van der Waals surface area contributed by atoms with Gasteiger partial charge in [0.2, 0.25) is 0 Å². The van der Waals surface area contributed by atoms with Crippen molar-refractivity contribution in [2.45, 2.75) is 26.7 Å². The lowest BCUT2D eigenvalue weighted by Crippen LogP contribution is -2.08. The fourth-order valence-corrected chi connectivity index (χ4v) is 5.09. The molecule has 0 saturated carbocycles. The van der Waals surface area contributed by atoms with Gasteiger partial charge >= 0.3 is 0 Å². The summed E-state index contributed by atoms with van der Waals surface area (Å²) < 4.78 is 60.7. The summed E-state index contributed by atoms with van der Waals surface area (Å²) in [5.74, 6) is -0.611. The minimum atomic E-state index is -0.582. The third kappa shape index (κ3) is 7.66. The summed E-state index contributed by atoms with van der Waals surface area (Å²) in [7, 11) is 1.64. The second-order valence-electron chi connectivity index (χ2n) is 10.7. The molecule has 0 bridgehead atoms. The maximum Gasteiger partial charge on any atom is 0.149 e. The van der Waals surface area contributed by atoms with Crippen LogP contribution in [0.1, 0.15) is 22.3 Å². The van der Waals surface area contributed by atoms with Crippen LogP contribution in [0, 0.1) is 37.1 Å². The normalized spacial score (nSPS) is 10.9. The molecule has 2 heterocycles. The van der Waals surface area contributed by atoms with Gasteiger partial charge in [-0.05, 0) is 85.3 Å². The number of phenols is 1. The maximum atomic E-state index is 14.0. The lowest BCUT2D eigenvalue weighted by atomic mass is 10.1. The number of nitrogens with zero attached hydrogens (tertiary/aromatic N) is 4. The van der Waals surface area contributed by atoms with E-state index in [1.807, 2.05) is 44.2 Å². The van der Waals surface area contributed by atoms with Crippen molar-refractivity contribution in [3.63, 3.8) is 0 Å². The highest BCUT2D eigenvalue weighted by Crippen LogP contribution is 2.26. The summed E-state index contributed by atoms with van der Waals surface area (Å²) in [6.07, 6.45) is 3.80. The van der Waals surface area contributed by atoms with E-state index in [1.54, 1.807) is 13.2 Å². The molecule has 0 saturated heterocycles. The van der Waals surface area contributed by atoms with Crippen molar-refractivity contribution in [3.8, 4) is 11.5 Å². The van der Waals surface area contributed by atoms with E-state index in [1.165, 1.54) is 12.7 Å². The molecule has 3 N–H and O–H groups in total. The molecule has 0 atom stereocenters. The van der Waals surface area contributed by atoms with E-state index >= 15 is 0 Å². The van der Waals surface area contributed by atoms with Crippen molar-refractivity contribution >= 4 is 33.4 Å². The number of phenolic OH excluding ortho intramolecular Hbond substituents is 1. The second kappa shape index (κ2) is 14.7. The van der Waals surface area contributed by atoms with Crippen LogP contribution in [0.2, 0.25) is 0 Å². The molecule has 8 nitrogen and oxygen atoms in total. The maximum absolute atomic E-state index is 14.0. The first-order valence-electron chi connectivity index (χ1n) is 14.7. The third-order valence-electron chi connectivity index (χ3n) is 7.51. The molecule has 0 radical (unpaired) electrons. The Kier molecular flexibility index (Phi) is 10.3. The minimum Gasteiger partial charge on any atom is -0.508 e. The molecule has 6 aromatic rings. The summed E-state index contributed by atoms with van der Waals surface area (Å²) >= 11 is 0. The Bertz CT molecular complexity index is 2040. The topological polar surface area (TPSA) is 105 Å². The van der Waals surface area contributed by atoms with E-state index in [0.29, 0.717) is 31.7 Å². The molecular formula is C35H32F4N6O2. The van der Waals surface area contributed by atoms with Crippen molar-refractivity contribution in [3.05, 3.63) is 119 Å². The summed E-state index contributed by atoms with van der Waals surface area (Å²) in [6.45, 7) is 4.83. The van der Waals surface area contributed by atoms with Crippen LogP contribution < -0.4 is 15.4 Å². The zero-order chi connectivity index (χ0) is 33.5. The van der Waals surface area contributed by atoms with E-state index in [-0.39, 0.29) is 33.4 Å². The van der Waals surface area contributed by atoms with Crippen LogP contribution in [0.5, 0.6) is 11.5 Å². The Morgan fingerprint density at radius 3 is 1.55 bits per heavy atom. The van der Waals surface area contributed by atoms with Gasteiger partial charge in [0.1, 0.15) is 70.1 Å². The lowest BCUT2D eigenvalue weighted by Gasteiger charge is -2.10. The van der Waals surface area contributed by atoms with Gasteiger partial charge in [0.25, 0.3) is 0 Å². The van der Waals surface area contributed by atoms with Crippen LogP contribution in [0.15, 0.2) is 73.3 Å². The molecule has 0 spiro atoms. The molecule has 0 unspecified atom stereocenters. The Morgan fingerprint density at radius 1 is 0.617 bits per heavy atom. The number of hydrogen-bond donors (Lipinski definition) is 3. The van der Waals surface area contributed by atoms with Gasteiger partial charge in [-0.15, -0.1) is 0 Å². The number of nitrogens with one attached hydrogen (secondary N) is 2. The number of aryl methyl sites for hydroxylation is 2. The summed E-state index contributed by atoms with van der Waals surface area (Å²) in [6, 6.07) is 15.5. The Labute approximate surface area is 268 Å². The molecule has 4 aromatic carbocycles. The number of aromatic nitrogens is 4. The molecule has 0 fully saturated rings. The van der Waals surface area contributed by atoms with Crippen molar-refractivity contribution in [2.24, 2.45) is 0 Å². The molecular weight excluding hydrogens is 612 g/mol. The first-order chi connectivity index (χ1) is 22.7. The molecule has 47 heavy (non-hydrogen) atoms. The molecule has 12 heteroatoms. The van der Waals surface area contributed by atoms with Gasteiger partial charge in [0.05, 0.1) is 17.9 Å². The molecule has 0 amide bonds. The number of ether oxygens (including phenoxy) is 1. The second-order valence-corrected chi connectivity index (χ2v) is 10.7. The fourth-order valence-electron chi connectivity index (χ4n) is 5.09. The average molecular weight is 645 g/mol. The first-order valence-corrected chi connectivity index (χ1v) is 14.7. The number of halogens is 4. The SMILES string of the molecule is COc1ccc(CCNc2ncnc3c(F)ccc(F)c23)cc1C.Cc1cc(CCNc2ncnc3c(F)ccc(F)c23)ccc1O. The van der Waals surface area contributed by atoms with E-state index in [4.69, 9.17) is 4.74 Å². The van der Waals surface area contributed by atoms with Crippen molar-refractivity contribution in [1.82, 2.24) is 19.9 Å². The number of methoxy groups -OCH3 is 1. The van der Waals surface area contributed by atoms with Crippen LogP contribution in [-0.2, 0) is 12.8 Å². The van der Waals surface area contributed by atoms with Crippen molar-refractivity contribution < 1.29 is 27.4 Å². The zero-order valence-corrected chi connectivity index (χ0v) is 25.9. The number of anilines is 2. The summed E-state index contributed by atoms with van der Waals surface area (Å²) in [5, 5.41) is 15.7. The average Bonchev–Trinajstić information content (AvgIpc) is 3.07.